The number of hydrogen-bond acceptors (Lipinski definition) is 5. The molecule has 1 N–H and O–H groups in total. The van der Waals surface area contributed by atoms with E-state index in [0.717, 1.165) is 34.6 Å². The summed E-state index contributed by atoms with van der Waals surface area (Å²) >= 11 is 3.28. The lowest BCUT2D eigenvalue weighted by Gasteiger charge is -2.19. The van der Waals surface area contributed by atoms with E-state index >= 15 is 0 Å². The SMILES string of the molecule is Cc1c([C@H]2OCC[C@@H]2NCc2cc(Br)no2)cnn1C. The Labute approximate surface area is 125 Å². The van der Waals surface area contributed by atoms with Crippen molar-refractivity contribution in [3.8, 4) is 0 Å². The molecule has 20 heavy (non-hydrogen) atoms. The molecule has 1 aliphatic heterocycles. The minimum Gasteiger partial charge on any atom is -0.372 e. The molecule has 0 amide bonds. The minimum atomic E-state index is 0.0510. The second kappa shape index (κ2) is 5.67. The first-order valence-corrected chi connectivity index (χ1v) is 7.39. The Balaban J connectivity index is 1.68. The molecule has 1 saturated heterocycles. The number of aromatic nitrogens is 3. The summed E-state index contributed by atoms with van der Waals surface area (Å²) in [4.78, 5) is 0. The van der Waals surface area contributed by atoms with Crippen molar-refractivity contribution in [3.63, 3.8) is 0 Å². The van der Waals surface area contributed by atoms with Crippen LogP contribution < -0.4 is 5.32 Å². The number of nitrogens with one attached hydrogen (secondary N) is 1. The zero-order valence-electron chi connectivity index (χ0n) is 11.5. The molecule has 2 aromatic rings. The van der Waals surface area contributed by atoms with E-state index in [0.29, 0.717) is 6.54 Å². The van der Waals surface area contributed by atoms with Gasteiger partial charge in [-0.3, -0.25) is 4.68 Å². The van der Waals surface area contributed by atoms with E-state index in [1.807, 2.05) is 24.0 Å². The Morgan fingerprint density at radius 3 is 3.05 bits per heavy atom. The minimum absolute atomic E-state index is 0.0510. The molecule has 7 heteroatoms. The molecule has 0 saturated carbocycles. The molecule has 0 radical (unpaired) electrons. The van der Waals surface area contributed by atoms with Crippen LogP contribution in [0.25, 0.3) is 0 Å². The van der Waals surface area contributed by atoms with Gasteiger partial charge < -0.3 is 14.6 Å². The third-order valence-electron chi connectivity index (χ3n) is 3.74. The van der Waals surface area contributed by atoms with Crippen molar-refractivity contribution in [2.75, 3.05) is 6.61 Å². The highest BCUT2D eigenvalue weighted by Gasteiger charge is 2.31. The molecular formula is C13H17BrN4O2. The predicted octanol–water partition coefficient (Wildman–Crippen LogP) is 2.10. The number of rotatable bonds is 4. The van der Waals surface area contributed by atoms with E-state index in [-0.39, 0.29) is 12.1 Å². The van der Waals surface area contributed by atoms with Crippen molar-refractivity contribution >= 4 is 15.9 Å². The zero-order chi connectivity index (χ0) is 14.1. The third kappa shape index (κ3) is 2.65. The predicted molar refractivity (Wildman–Crippen MR) is 76.1 cm³/mol. The fourth-order valence-electron chi connectivity index (χ4n) is 2.50. The van der Waals surface area contributed by atoms with Gasteiger partial charge in [-0.2, -0.15) is 5.10 Å². The molecule has 1 aliphatic rings. The molecule has 2 aromatic heterocycles. The van der Waals surface area contributed by atoms with Gasteiger partial charge >= 0.3 is 0 Å². The van der Waals surface area contributed by atoms with Gasteiger partial charge in [-0.05, 0) is 29.3 Å². The average Bonchev–Trinajstić information content (AvgIpc) is 3.11. The van der Waals surface area contributed by atoms with Crippen molar-refractivity contribution in [1.29, 1.82) is 0 Å². The molecule has 0 spiro atoms. The van der Waals surface area contributed by atoms with E-state index in [1.54, 1.807) is 0 Å². The van der Waals surface area contributed by atoms with E-state index in [9.17, 15) is 0 Å². The van der Waals surface area contributed by atoms with Crippen LogP contribution in [-0.4, -0.2) is 27.6 Å². The highest BCUT2D eigenvalue weighted by Crippen LogP contribution is 2.31. The molecule has 1 fully saturated rings. The summed E-state index contributed by atoms with van der Waals surface area (Å²) in [6, 6.07) is 2.13. The van der Waals surface area contributed by atoms with Crippen LogP contribution in [0.5, 0.6) is 0 Å². The first kappa shape index (κ1) is 13.8. The maximum Gasteiger partial charge on any atom is 0.151 e. The highest BCUT2D eigenvalue weighted by molar-refractivity contribution is 9.10. The summed E-state index contributed by atoms with van der Waals surface area (Å²) in [7, 11) is 1.95. The van der Waals surface area contributed by atoms with Crippen molar-refractivity contribution in [1.82, 2.24) is 20.3 Å². The molecule has 0 aromatic carbocycles. The largest absolute Gasteiger partial charge is 0.372 e. The Kier molecular flexibility index (Phi) is 3.91. The third-order valence-corrected chi connectivity index (χ3v) is 4.11. The smallest absolute Gasteiger partial charge is 0.151 e. The second-order valence-corrected chi connectivity index (χ2v) is 5.80. The number of nitrogens with zero attached hydrogens (tertiary/aromatic N) is 3. The van der Waals surface area contributed by atoms with E-state index in [1.165, 1.54) is 0 Å². The lowest BCUT2D eigenvalue weighted by Crippen LogP contribution is -2.31. The van der Waals surface area contributed by atoms with Gasteiger partial charge in [-0.1, -0.05) is 5.16 Å². The number of hydrogen-bond donors (Lipinski definition) is 1. The molecule has 0 bridgehead atoms. The summed E-state index contributed by atoms with van der Waals surface area (Å²) in [5.41, 5.74) is 2.30. The quantitative estimate of drug-likeness (QED) is 0.923. The van der Waals surface area contributed by atoms with Crippen molar-refractivity contribution < 1.29 is 9.26 Å². The van der Waals surface area contributed by atoms with Gasteiger partial charge in [0.15, 0.2) is 5.76 Å². The fourth-order valence-corrected chi connectivity index (χ4v) is 2.83. The molecule has 2 atom stereocenters. The first-order chi connectivity index (χ1) is 9.65. The molecule has 3 rings (SSSR count). The standard InChI is InChI=1S/C13H17BrN4O2/c1-8-10(7-16-18(8)2)13-11(3-4-19-13)15-6-9-5-12(14)17-20-9/h5,7,11,13,15H,3-4,6H2,1-2H3/t11-,13+/m0/s1. The van der Waals surface area contributed by atoms with Crippen LogP contribution in [0.2, 0.25) is 0 Å². The Morgan fingerprint density at radius 2 is 2.40 bits per heavy atom. The normalized spacial score (nSPS) is 22.6. The summed E-state index contributed by atoms with van der Waals surface area (Å²) in [6.07, 6.45) is 2.93. The van der Waals surface area contributed by atoms with Crippen LogP contribution in [0.4, 0.5) is 0 Å². The maximum atomic E-state index is 5.87. The molecular weight excluding hydrogens is 324 g/mol. The summed E-state index contributed by atoms with van der Waals surface area (Å²) in [6.45, 7) is 3.47. The monoisotopic (exact) mass is 340 g/mol. The van der Waals surface area contributed by atoms with E-state index < -0.39 is 0 Å². The maximum absolute atomic E-state index is 5.87. The van der Waals surface area contributed by atoms with Gasteiger partial charge in [-0.15, -0.1) is 0 Å². The van der Waals surface area contributed by atoms with Gasteiger partial charge in [0.25, 0.3) is 0 Å². The summed E-state index contributed by atoms with van der Waals surface area (Å²) in [5.74, 6) is 0.811. The van der Waals surface area contributed by atoms with Gasteiger partial charge in [0.1, 0.15) is 10.7 Å². The molecule has 3 heterocycles. The van der Waals surface area contributed by atoms with Gasteiger partial charge in [-0.25, -0.2) is 0 Å². The van der Waals surface area contributed by atoms with Crippen molar-refractivity contribution in [2.24, 2.45) is 7.05 Å². The highest BCUT2D eigenvalue weighted by atomic mass is 79.9. The van der Waals surface area contributed by atoms with Crippen molar-refractivity contribution in [2.45, 2.75) is 32.0 Å². The van der Waals surface area contributed by atoms with E-state index in [4.69, 9.17) is 9.26 Å². The lowest BCUT2D eigenvalue weighted by molar-refractivity contribution is 0.0974. The van der Waals surface area contributed by atoms with Crippen LogP contribution in [-0.2, 0) is 18.3 Å². The number of halogens is 1. The lowest BCUT2D eigenvalue weighted by atomic mass is 10.0. The number of aryl methyl sites for hydroxylation is 1. The topological polar surface area (TPSA) is 65.1 Å². The van der Waals surface area contributed by atoms with Crippen LogP contribution >= 0.6 is 15.9 Å². The van der Waals surface area contributed by atoms with Gasteiger partial charge in [0, 0.05) is 37.0 Å². The zero-order valence-corrected chi connectivity index (χ0v) is 13.1. The summed E-state index contributed by atoms with van der Waals surface area (Å²) < 4.78 is 13.6. The summed E-state index contributed by atoms with van der Waals surface area (Å²) in [5, 5.41) is 11.6. The van der Waals surface area contributed by atoms with Crippen LogP contribution in [0, 0.1) is 6.92 Å². The van der Waals surface area contributed by atoms with E-state index in [2.05, 4.69) is 38.4 Å². The molecule has 108 valence electrons. The Bertz CT molecular complexity index is 595. The second-order valence-electron chi connectivity index (χ2n) is 4.99. The average molecular weight is 341 g/mol. The van der Waals surface area contributed by atoms with Crippen LogP contribution in [0.3, 0.4) is 0 Å². The molecule has 0 unspecified atom stereocenters. The Morgan fingerprint density at radius 1 is 1.55 bits per heavy atom. The van der Waals surface area contributed by atoms with Gasteiger partial charge in [0.2, 0.25) is 0 Å². The van der Waals surface area contributed by atoms with Crippen LogP contribution in [0.1, 0.15) is 29.5 Å². The number of ether oxygens (including phenoxy) is 1. The Hall–Kier alpha value is -1.18. The first-order valence-electron chi connectivity index (χ1n) is 6.59. The van der Waals surface area contributed by atoms with Gasteiger partial charge in [0.05, 0.1) is 12.7 Å². The fraction of sp³-hybridized carbons (Fsp3) is 0.538. The van der Waals surface area contributed by atoms with Crippen LogP contribution in [0.15, 0.2) is 21.4 Å². The molecule has 6 nitrogen and oxygen atoms in total. The van der Waals surface area contributed by atoms with Crippen molar-refractivity contribution in [3.05, 3.63) is 33.9 Å². The molecule has 0 aliphatic carbocycles.